The molecule has 0 aliphatic carbocycles. The van der Waals surface area contributed by atoms with E-state index in [0.717, 1.165) is 20.5 Å². The van der Waals surface area contributed by atoms with Crippen LogP contribution in [0.2, 0.25) is 0 Å². The first kappa shape index (κ1) is 20.6. The molecule has 8 heteroatoms. The van der Waals surface area contributed by atoms with Crippen molar-refractivity contribution >= 4 is 46.2 Å². The molecule has 0 spiro atoms. The number of thioether (sulfide) groups is 1. The highest BCUT2D eigenvalue weighted by Gasteiger charge is 2.16. The molecule has 0 aliphatic rings. The maximum Gasteiger partial charge on any atom is 0.239 e. The van der Waals surface area contributed by atoms with E-state index < -0.39 is 0 Å². The molecular formula is C20H21N3O2S3. The minimum Gasteiger partial charge on any atom is -0.350 e. The van der Waals surface area contributed by atoms with Crippen molar-refractivity contribution in [3.63, 3.8) is 0 Å². The number of thiophene rings is 1. The van der Waals surface area contributed by atoms with Crippen molar-refractivity contribution < 1.29 is 9.59 Å². The molecule has 5 nitrogen and oxygen atoms in total. The summed E-state index contributed by atoms with van der Waals surface area (Å²) in [5, 5.41) is 6.83. The second-order valence-electron chi connectivity index (χ2n) is 5.92. The van der Waals surface area contributed by atoms with Crippen LogP contribution in [0.4, 0.5) is 0 Å². The summed E-state index contributed by atoms with van der Waals surface area (Å²) in [4.78, 5) is 31.9. The monoisotopic (exact) mass is 431 g/mol. The van der Waals surface area contributed by atoms with Gasteiger partial charge in [0, 0.05) is 22.4 Å². The highest BCUT2D eigenvalue weighted by molar-refractivity contribution is 8.01. The van der Waals surface area contributed by atoms with Crippen molar-refractivity contribution in [1.29, 1.82) is 0 Å². The molecule has 0 aliphatic heterocycles. The van der Waals surface area contributed by atoms with Gasteiger partial charge < -0.3 is 10.2 Å². The molecule has 0 atom stereocenters. The summed E-state index contributed by atoms with van der Waals surface area (Å²) in [5.74, 6) is 0.0674. The van der Waals surface area contributed by atoms with Gasteiger partial charge in [0.25, 0.3) is 0 Å². The van der Waals surface area contributed by atoms with Crippen LogP contribution in [0.1, 0.15) is 11.8 Å². The number of amides is 2. The molecule has 0 bridgehead atoms. The van der Waals surface area contributed by atoms with E-state index in [4.69, 9.17) is 0 Å². The Morgan fingerprint density at radius 1 is 1.14 bits per heavy atom. The highest BCUT2D eigenvalue weighted by Crippen LogP contribution is 2.28. The molecule has 146 valence electrons. The van der Waals surface area contributed by atoms with E-state index in [9.17, 15) is 9.59 Å². The van der Waals surface area contributed by atoms with Crippen molar-refractivity contribution in [2.45, 2.75) is 17.8 Å². The van der Waals surface area contributed by atoms with Crippen LogP contribution >= 0.6 is 34.4 Å². The fraction of sp³-hybridized carbons (Fsp3) is 0.250. The lowest BCUT2D eigenvalue weighted by Crippen LogP contribution is -2.41. The Morgan fingerprint density at radius 3 is 2.68 bits per heavy atom. The van der Waals surface area contributed by atoms with Crippen molar-refractivity contribution in [3.05, 3.63) is 58.1 Å². The lowest BCUT2D eigenvalue weighted by Gasteiger charge is -2.19. The smallest absolute Gasteiger partial charge is 0.239 e. The maximum atomic E-state index is 12.5. The number of carbonyl (C=O) groups excluding carboxylic acids is 2. The topological polar surface area (TPSA) is 62.3 Å². The number of aromatic nitrogens is 1. The Kier molecular flexibility index (Phi) is 7.64. The standard InChI is InChI=1S/C20H21N3O2S3/c1-2-23(12-18(24)21-11-16-9-6-10-26-16)19(25)14-28-20-22-17(13-27-20)15-7-4-3-5-8-15/h3-10,13H,2,11-12,14H2,1H3,(H,21,24). The van der Waals surface area contributed by atoms with Crippen LogP contribution in [0.3, 0.4) is 0 Å². The first-order valence-corrected chi connectivity index (χ1v) is 11.6. The van der Waals surface area contributed by atoms with E-state index in [-0.39, 0.29) is 24.1 Å². The number of nitrogens with zero attached hydrogens (tertiary/aromatic N) is 2. The number of hydrogen-bond acceptors (Lipinski definition) is 6. The molecule has 2 aromatic heterocycles. The Labute approximate surface area is 176 Å². The zero-order valence-corrected chi connectivity index (χ0v) is 17.9. The van der Waals surface area contributed by atoms with Crippen molar-refractivity contribution in [2.24, 2.45) is 0 Å². The summed E-state index contributed by atoms with van der Waals surface area (Å²) in [6.07, 6.45) is 0. The van der Waals surface area contributed by atoms with Crippen LogP contribution in [-0.2, 0) is 16.1 Å². The second-order valence-corrected chi connectivity index (χ2v) is 9.03. The van der Waals surface area contributed by atoms with Gasteiger partial charge in [-0.25, -0.2) is 4.98 Å². The van der Waals surface area contributed by atoms with Crippen LogP contribution in [0.25, 0.3) is 11.3 Å². The Hall–Kier alpha value is -2.16. The molecule has 2 heterocycles. The minimum absolute atomic E-state index is 0.0600. The van der Waals surface area contributed by atoms with Gasteiger partial charge in [0.05, 0.1) is 24.5 Å². The maximum absolute atomic E-state index is 12.5. The number of rotatable bonds is 9. The fourth-order valence-corrected chi connectivity index (χ4v) is 4.87. The zero-order chi connectivity index (χ0) is 19.8. The third-order valence-electron chi connectivity index (χ3n) is 3.98. The summed E-state index contributed by atoms with van der Waals surface area (Å²) >= 11 is 4.54. The number of likely N-dealkylation sites (N-methyl/N-ethyl adjacent to an activating group) is 1. The highest BCUT2D eigenvalue weighted by atomic mass is 32.2. The van der Waals surface area contributed by atoms with E-state index in [0.29, 0.717) is 13.1 Å². The summed E-state index contributed by atoms with van der Waals surface area (Å²) in [6, 6.07) is 13.9. The van der Waals surface area contributed by atoms with Gasteiger partial charge in [-0.15, -0.1) is 22.7 Å². The molecule has 28 heavy (non-hydrogen) atoms. The van der Waals surface area contributed by atoms with E-state index >= 15 is 0 Å². The molecule has 2 amide bonds. The van der Waals surface area contributed by atoms with Gasteiger partial charge in [-0.3, -0.25) is 9.59 Å². The van der Waals surface area contributed by atoms with E-state index in [1.165, 1.54) is 23.1 Å². The van der Waals surface area contributed by atoms with Crippen LogP contribution in [0, 0.1) is 0 Å². The number of carbonyl (C=O) groups is 2. The van der Waals surface area contributed by atoms with Crippen molar-refractivity contribution in [1.82, 2.24) is 15.2 Å². The quantitative estimate of drug-likeness (QED) is 0.518. The van der Waals surface area contributed by atoms with E-state index in [1.807, 2.05) is 60.1 Å². The third kappa shape index (κ3) is 5.92. The van der Waals surface area contributed by atoms with Gasteiger partial charge in [0.15, 0.2) is 4.34 Å². The van der Waals surface area contributed by atoms with Crippen LogP contribution in [0.15, 0.2) is 57.6 Å². The Morgan fingerprint density at radius 2 is 1.96 bits per heavy atom. The van der Waals surface area contributed by atoms with Gasteiger partial charge >= 0.3 is 0 Å². The average Bonchev–Trinajstić information content (AvgIpc) is 3.41. The molecule has 1 aromatic carbocycles. The minimum atomic E-state index is -0.144. The third-order valence-corrected chi connectivity index (χ3v) is 6.86. The number of nitrogens with one attached hydrogen (secondary N) is 1. The molecule has 0 fully saturated rings. The van der Waals surface area contributed by atoms with Gasteiger partial charge in [0.1, 0.15) is 0 Å². The number of benzene rings is 1. The van der Waals surface area contributed by atoms with Crippen LogP contribution in [0.5, 0.6) is 0 Å². The predicted molar refractivity (Wildman–Crippen MR) is 117 cm³/mol. The predicted octanol–water partition coefficient (Wildman–Crippen LogP) is 4.13. The first-order chi connectivity index (χ1) is 13.7. The normalized spacial score (nSPS) is 10.6. The first-order valence-electron chi connectivity index (χ1n) is 8.86. The molecule has 1 N–H and O–H groups in total. The Bertz CT molecular complexity index is 895. The molecule has 0 saturated heterocycles. The second kappa shape index (κ2) is 10.4. The van der Waals surface area contributed by atoms with Gasteiger partial charge in [-0.05, 0) is 18.4 Å². The number of thiazole rings is 1. The number of hydrogen-bond donors (Lipinski definition) is 1. The largest absolute Gasteiger partial charge is 0.350 e. The van der Waals surface area contributed by atoms with Crippen LogP contribution in [-0.4, -0.2) is 40.5 Å². The van der Waals surface area contributed by atoms with E-state index in [1.54, 1.807) is 16.2 Å². The summed E-state index contributed by atoms with van der Waals surface area (Å²) < 4.78 is 0.852. The Balaban J connectivity index is 1.47. The summed E-state index contributed by atoms with van der Waals surface area (Å²) in [6.45, 7) is 2.96. The SMILES string of the molecule is CCN(CC(=O)NCc1cccs1)C(=O)CSc1nc(-c2ccccc2)cs1. The molecule has 0 radical (unpaired) electrons. The van der Waals surface area contributed by atoms with Gasteiger partial charge in [0.2, 0.25) is 11.8 Å². The van der Waals surface area contributed by atoms with E-state index in [2.05, 4.69) is 10.3 Å². The van der Waals surface area contributed by atoms with Crippen molar-refractivity contribution in [2.75, 3.05) is 18.8 Å². The molecule has 0 saturated carbocycles. The van der Waals surface area contributed by atoms with Gasteiger partial charge in [-0.2, -0.15) is 0 Å². The lowest BCUT2D eigenvalue weighted by molar-refractivity contribution is -0.133. The molecular weight excluding hydrogens is 410 g/mol. The summed E-state index contributed by atoms with van der Waals surface area (Å²) in [7, 11) is 0. The van der Waals surface area contributed by atoms with Crippen LogP contribution < -0.4 is 5.32 Å². The van der Waals surface area contributed by atoms with Crippen molar-refractivity contribution in [3.8, 4) is 11.3 Å². The molecule has 3 aromatic rings. The molecule has 3 rings (SSSR count). The molecule has 0 unspecified atom stereocenters. The van der Waals surface area contributed by atoms with Gasteiger partial charge in [-0.1, -0.05) is 48.2 Å². The summed E-state index contributed by atoms with van der Waals surface area (Å²) in [5.41, 5.74) is 1.98. The lowest BCUT2D eigenvalue weighted by atomic mass is 10.2. The zero-order valence-electron chi connectivity index (χ0n) is 15.5. The average molecular weight is 432 g/mol. The fourth-order valence-electron chi connectivity index (χ4n) is 2.48.